The van der Waals surface area contributed by atoms with E-state index in [1.165, 1.54) is 0 Å². The molecule has 2 aromatic rings. The molecule has 2 rings (SSSR count). The van der Waals surface area contributed by atoms with E-state index in [-0.39, 0.29) is 25.9 Å². The van der Waals surface area contributed by atoms with Gasteiger partial charge in [0.1, 0.15) is 11.5 Å². The molecule has 1 nitrogen and oxygen atoms in total. The first kappa shape index (κ1) is 12.1. The molecule has 0 aliphatic heterocycles. The number of aryl methyl sites for hydroxylation is 1. The fourth-order valence-electron chi connectivity index (χ4n) is 1.29. The van der Waals surface area contributed by atoms with Crippen LogP contribution >= 0.6 is 0 Å². The van der Waals surface area contributed by atoms with E-state index in [1.54, 1.807) is 0 Å². The molecule has 2 heteroatoms. The SMILES string of the molecule is Cc1ccccc1Oc1ccccc1.[H-].[H-].[Mg+2]. The second kappa shape index (κ2) is 5.78. The van der Waals surface area contributed by atoms with Crippen molar-refractivity contribution in [2.75, 3.05) is 0 Å². The van der Waals surface area contributed by atoms with Crippen molar-refractivity contribution >= 4 is 23.1 Å². The van der Waals surface area contributed by atoms with Gasteiger partial charge in [0.25, 0.3) is 0 Å². The Morgan fingerprint density at radius 1 is 0.867 bits per heavy atom. The molecule has 0 saturated heterocycles. The quantitative estimate of drug-likeness (QED) is 0.688. The summed E-state index contributed by atoms with van der Waals surface area (Å²) in [5.41, 5.74) is 1.15. The number of hydrogen-bond donors (Lipinski definition) is 0. The average Bonchev–Trinajstić information content (AvgIpc) is 2.23. The van der Waals surface area contributed by atoms with Crippen molar-refractivity contribution in [2.45, 2.75) is 6.92 Å². The summed E-state index contributed by atoms with van der Waals surface area (Å²) in [7, 11) is 0. The predicted molar refractivity (Wildman–Crippen MR) is 65.7 cm³/mol. The molecule has 0 unspecified atom stereocenters. The maximum absolute atomic E-state index is 5.71. The van der Waals surface area contributed by atoms with Crippen molar-refractivity contribution < 1.29 is 7.59 Å². The largest absolute Gasteiger partial charge is 2.00 e. The van der Waals surface area contributed by atoms with Crippen LogP contribution in [0.3, 0.4) is 0 Å². The third kappa shape index (κ3) is 3.25. The van der Waals surface area contributed by atoms with Gasteiger partial charge in [-0.3, -0.25) is 0 Å². The molecule has 15 heavy (non-hydrogen) atoms. The molecule has 0 N–H and O–H groups in total. The van der Waals surface area contributed by atoms with Crippen LogP contribution in [-0.4, -0.2) is 23.1 Å². The number of rotatable bonds is 2. The van der Waals surface area contributed by atoms with E-state index in [0.29, 0.717) is 0 Å². The summed E-state index contributed by atoms with van der Waals surface area (Å²) < 4.78 is 5.71. The van der Waals surface area contributed by atoms with Crippen molar-refractivity contribution in [3.8, 4) is 11.5 Å². The Morgan fingerprint density at radius 2 is 1.47 bits per heavy atom. The molecule has 74 valence electrons. The minimum atomic E-state index is 0. The van der Waals surface area contributed by atoms with Crippen LogP contribution in [0.25, 0.3) is 0 Å². The molecule has 2 aromatic carbocycles. The summed E-state index contributed by atoms with van der Waals surface area (Å²) in [5.74, 6) is 1.79. The standard InChI is InChI=1S/C13H12O.Mg.2H/c1-11-7-5-6-10-13(11)14-12-8-3-2-4-9-12;;;/h2-10H,1H3;;;/q;+2;2*-1. The minimum absolute atomic E-state index is 0. The number of para-hydroxylation sites is 2. The van der Waals surface area contributed by atoms with Crippen LogP contribution in [-0.2, 0) is 0 Å². The smallest absolute Gasteiger partial charge is 1.00 e. The Labute approximate surface area is 109 Å². The molecular weight excluding hydrogens is 196 g/mol. The molecule has 0 radical (unpaired) electrons. The third-order valence-electron chi connectivity index (χ3n) is 2.06. The topological polar surface area (TPSA) is 9.23 Å². The normalized spacial score (nSPS) is 9.13. The molecule has 0 aromatic heterocycles. The van der Waals surface area contributed by atoms with Crippen molar-refractivity contribution in [1.82, 2.24) is 0 Å². The van der Waals surface area contributed by atoms with E-state index in [0.717, 1.165) is 17.1 Å². The molecule has 0 aliphatic rings. The molecule has 0 saturated carbocycles. The number of hydrogen-bond acceptors (Lipinski definition) is 1. The summed E-state index contributed by atoms with van der Waals surface area (Å²) in [6.45, 7) is 2.04. The first-order chi connectivity index (χ1) is 6.86. The van der Waals surface area contributed by atoms with Crippen LogP contribution in [0, 0.1) is 6.92 Å². The van der Waals surface area contributed by atoms with Gasteiger partial charge in [-0.1, -0.05) is 36.4 Å². The van der Waals surface area contributed by atoms with E-state index in [4.69, 9.17) is 4.74 Å². The minimum Gasteiger partial charge on any atom is -1.00 e. The van der Waals surface area contributed by atoms with Crippen LogP contribution in [0.4, 0.5) is 0 Å². The van der Waals surface area contributed by atoms with Crippen molar-refractivity contribution in [1.29, 1.82) is 0 Å². The zero-order valence-corrected chi connectivity index (χ0v) is 10.2. The van der Waals surface area contributed by atoms with E-state index in [2.05, 4.69) is 0 Å². The van der Waals surface area contributed by atoms with Crippen LogP contribution in [0.5, 0.6) is 11.5 Å². The Balaban J connectivity index is 0. The van der Waals surface area contributed by atoms with E-state index < -0.39 is 0 Å². The van der Waals surface area contributed by atoms with Crippen LogP contribution in [0.2, 0.25) is 0 Å². The number of ether oxygens (including phenoxy) is 1. The molecule has 0 spiro atoms. The Kier molecular flexibility index (Phi) is 4.66. The summed E-state index contributed by atoms with van der Waals surface area (Å²) in [5, 5.41) is 0. The van der Waals surface area contributed by atoms with Gasteiger partial charge >= 0.3 is 23.1 Å². The van der Waals surface area contributed by atoms with Gasteiger partial charge in [-0.15, -0.1) is 0 Å². The van der Waals surface area contributed by atoms with Gasteiger partial charge in [-0.2, -0.15) is 0 Å². The fraction of sp³-hybridized carbons (Fsp3) is 0.0769. The predicted octanol–water partition coefficient (Wildman–Crippen LogP) is 3.63. The maximum Gasteiger partial charge on any atom is 2.00 e. The van der Waals surface area contributed by atoms with Gasteiger partial charge in [0, 0.05) is 0 Å². The second-order valence-corrected chi connectivity index (χ2v) is 3.18. The monoisotopic (exact) mass is 210 g/mol. The third-order valence-corrected chi connectivity index (χ3v) is 2.06. The fourth-order valence-corrected chi connectivity index (χ4v) is 1.29. The Bertz CT molecular complexity index is 421. The van der Waals surface area contributed by atoms with E-state index in [1.807, 2.05) is 61.5 Å². The van der Waals surface area contributed by atoms with Crippen LogP contribution in [0.1, 0.15) is 8.42 Å². The van der Waals surface area contributed by atoms with Gasteiger partial charge in [-0.05, 0) is 30.7 Å². The zero-order valence-electron chi connectivity index (χ0n) is 10.8. The van der Waals surface area contributed by atoms with Gasteiger partial charge in [0.05, 0.1) is 0 Å². The Hall–Kier alpha value is -0.994. The van der Waals surface area contributed by atoms with Gasteiger partial charge in [0.2, 0.25) is 0 Å². The molecule has 0 atom stereocenters. The van der Waals surface area contributed by atoms with Gasteiger partial charge in [0.15, 0.2) is 0 Å². The van der Waals surface area contributed by atoms with Crippen molar-refractivity contribution in [3.63, 3.8) is 0 Å². The molecule has 0 amide bonds. The first-order valence-corrected chi connectivity index (χ1v) is 4.65. The molecule has 0 aliphatic carbocycles. The molecule has 0 bridgehead atoms. The maximum atomic E-state index is 5.71. The average molecular weight is 211 g/mol. The van der Waals surface area contributed by atoms with E-state index in [9.17, 15) is 0 Å². The molecule has 0 heterocycles. The van der Waals surface area contributed by atoms with Crippen LogP contribution < -0.4 is 4.74 Å². The zero-order chi connectivity index (χ0) is 9.80. The van der Waals surface area contributed by atoms with Crippen molar-refractivity contribution in [2.24, 2.45) is 0 Å². The van der Waals surface area contributed by atoms with Gasteiger partial charge in [-0.25, -0.2) is 0 Å². The van der Waals surface area contributed by atoms with Gasteiger partial charge < -0.3 is 7.59 Å². The molecular formula is C13H14MgO. The van der Waals surface area contributed by atoms with E-state index >= 15 is 0 Å². The van der Waals surface area contributed by atoms with Crippen molar-refractivity contribution in [3.05, 3.63) is 60.2 Å². The summed E-state index contributed by atoms with van der Waals surface area (Å²) in [6, 6.07) is 17.8. The molecule has 0 fully saturated rings. The van der Waals surface area contributed by atoms with Crippen LogP contribution in [0.15, 0.2) is 54.6 Å². The summed E-state index contributed by atoms with van der Waals surface area (Å²) >= 11 is 0. The Morgan fingerprint density at radius 3 is 2.13 bits per heavy atom. The summed E-state index contributed by atoms with van der Waals surface area (Å²) in [4.78, 5) is 0. The number of benzene rings is 2. The second-order valence-electron chi connectivity index (χ2n) is 3.18. The first-order valence-electron chi connectivity index (χ1n) is 4.65. The summed E-state index contributed by atoms with van der Waals surface area (Å²) in [6.07, 6.45) is 0.